The van der Waals surface area contributed by atoms with Crippen molar-refractivity contribution < 1.29 is 18.7 Å². The Morgan fingerprint density at radius 3 is 2.67 bits per heavy atom. The summed E-state index contributed by atoms with van der Waals surface area (Å²) < 4.78 is 28.6. The number of fused-ring (bicyclic) bond motifs is 2. The molecule has 1 aliphatic heterocycles. The highest BCUT2D eigenvalue weighted by molar-refractivity contribution is 7.18. The average Bonchev–Trinajstić information content (AvgIpc) is 3.54. The standard InChI is InChI=1S/C35H30ClF2N7O3S/c1-19(32(37)38)44-13-9-23(10-14-44)43(3)33-26(16-39)29-28(17-41-33)42-20(2)45(34(29)46)12-4-5-21-6-7-22(36)15-25(21)24-8-11-40-30-27(35(47)48)18-49-31(24)30/h6-8,11,15,17-19,23,32H,9-10,12-14H2,1-3H3,(H,47,48). The molecule has 0 amide bonds. The average molecular weight is 702 g/mol. The molecule has 49 heavy (non-hydrogen) atoms. The molecule has 6 rings (SSSR count). The maximum atomic E-state index is 14.0. The Morgan fingerprint density at radius 1 is 1.22 bits per heavy atom. The molecule has 5 heterocycles. The van der Waals surface area contributed by atoms with E-state index < -0.39 is 24.0 Å². The van der Waals surface area contributed by atoms with Gasteiger partial charge in [-0.3, -0.25) is 19.2 Å². The molecular formula is C35H30ClF2N7O3S. The first-order valence-corrected chi connectivity index (χ1v) is 16.7. The maximum absolute atomic E-state index is 14.0. The van der Waals surface area contributed by atoms with Crippen molar-refractivity contribution in [3.05, 3.63) is 79.9 Å². The lowest BCUT2D eigenvalue weighted by Gasteiger charge is -2.39. The summed E-state index contributed by atoms with van der Waals surface area (Å²) in [6, 6.07) is 8.28. The highest BCUT2D eigenvalue weighted by atomic mass is 35.5. The second kappa shape index (κ2) is 13.9. The van der Waals surface area contributed by atoms with E-state index in [4.69, 9.17) is 11.6 Å². The summed E-state index contributed by atoms with van der Waals surface area (Å²) in [6.07, 6.45) is 1.81. The number of aromatic nitrogens is 4. The summed E-state index contributed by atoms with van der Waals surface area (Å²) in [5.74, 6) is 5.87. The van der Waals surface area contributed by atoms with Crippen LogP contribution in [0.25, 0.3) is 32.2 Å². The van der Waals surface area contributed by atoms with Crippen molar-refractivity contribution in [2.45, 2.75) is 51.7 Å². The van der Waals surface area contributed by atoms with Crippen LogP contribution in [0, 0.1) is 30.1 Å². The molecule has 0 aliphatic carbocycles. The smallest absolute Gasteiger partial charge is 0.338 e. The van der Waals surface area contributed by atoms with Gasteiger partial charge in [0.05, 0.1) is 45.5 Å². The first kappa shape index (κ1) is 33.9. The second-order valence-corrected chi connectivity index (χ2v) is 13.1. The summed E-state index contributed by atoms with van der Waals surface area (Å²) in [6.45, 7) is 4.15. The van der Waals surface area contributed by atoms with Crippen LogP contribution in [0.15, 0.2) is 46.8 Å². The zero-order valence-electron chi connectivity index (χ0n) is 26.7. The molecule has 0 spiro atoms. The number of benzene rings is 1. The number of anilines is 1. The Hall–Kier alpha value is -4.95. The number of aromatic carboxylic acids is 1. The highest BCUT2D eigenvalue weighted by Gasteiger charge is 2.31. The quantitative estimate of drug-likeness (QED) is 0.197. The minimum Gasteiger partial charge on any atom is -0.478 e. The molecule has 10 nitrogen and oxygen atoms in total. The number of rotatable bonds is 7. The summed E-state index contributed by atoms with van der Waals surface area (Å²) in [4.78, 5) is 42.7. The van der Waals surface area contributed by atoms with Gasteiger partial charge in [0.15, 0.2) is 0 Å². The molecule has 0 radical (unpaired) electrons. The van der Waals surface area contributed by atoms with Crippen LogP contribution in [-0.4, -0.2) is 74.1 Å². The van der Waals surface area contributed by atoms with Crippen LogP contribution in [0.5, 0.6) is 0 Å². The number of pyridine rings is 2. The normalized spacial score (nSPS) is 14.5. The molecule has 1 atom stereocenters. The Labute approximate surface area is 289 Å². The van der Waals surface area contributed by atoms with E-state index in [1.54, 1.807) is 54.7 Å². The van der Waals surface area contributed by atoms with Gasteiger partial charge in [-0.05, 0) is 51.0 Å². The Balaban J connectivity index is 1.33. The van der Waals surface area contributed by atoms with Gasteiger partial charge in [-0.2, -0.15) is 5.26 Å². The SMILES string of the molecule is Cc1nc2cnc(N(C)C3CCN(C(C)C(F)F)CC3)c(C#N)c2c(=O)n1CC#Cc1ccc(Cl)cc1-c1ccnc2c(C(=O)O)csc12. The fourth-order valence-electron chi connectivity index (χ4n) is 6.24. The number of aryl methyl sites for hydroxylation is 1. The van der Waals surface area contributed by atoms with Crippen LogP contribution in [-0.2, 0) is 6.54 Å². The number of carbonyl (C=O) groups is 1. The number of hydrogen-bond donors (Lipinski definition) is 1. The van der Waals surface area contributed by atoms with Crippen molar-refractivity contribution in [1.29, 1.82) is 5.26 Å². The van der Waals surface area contributed by atoms with Crippen molar-refractivity contribution in [1.82, 2.24) is 24.4 Å². The zero-order valence-corrected chi connectivity index (χ0v) is 28.3. The summed E-state index contributed by atoms with van der Waals surface area (Å²) in [7, 11) is 1.80. The third kappa shape index (κ3) is 6.45. The van der Waals surface area contributed by atoms with E-state index >= 15 is 0 Å². The number of carboxylic acids is 1. The van der Waals surface area contributed by atoms with E-state index in [1.165, 1.54) is 29.0 Å². The molecule has 14 heteroatoms. The lowest BCUT2D eigenvalue weighted by molar-refractivity contribution is 0.0228. The number of likely N-dealkylation sites (tertiary alicyclic amines) is 1. The number of hydrogen-bond acceptors (Lipinski definition) is 9. The van der Waals surface area contributed by atoms with Crippen LogP contribution in [0.2, 0.25) is 5.02 Å². The topological polar surface area (TPSA) is 128 Å². The molecule has 0 bridgehead atoms. The van der Waals surface area contributed by atoms with Crippen LogP contribution in [0.3, 0.4) is 0 Å². The molecule has 0 saturated carbocycles. The maximum Gasteiger partial charge on any atom is 0.338 e. The number of halogens is 3. The molecule has 1 fully saturated rings. The van der Waals surface area contributed by atoms with E-state index in [1.807, 2.05) is 4.90 Å². The van der Waals surface area contributed by atoms with Crippen molar-refractivity contribution >= 4 is 55.8 Å². The predicted octanol–water partition coefficient (Wildman–Crippen LogP) is 6.21. The third-order valence-electron chi connectivity index (χ3n) is 9.02. The first-order valence-electron chi connectivity index (χ1n) is 15.4. The van der Waals surface area contributed by atoms with Gasteiger partial charge in [-0.1, -0.05) is 23.4 Å². The Bertz CT molecular complexity index is 2270. The second-order valence-electron chi connectivity index (χ2n) is 11.8. The number of alkyl halides is 2. The van der Waals surface area contributed by atoms with E-state index in [-0.39, 0.29) is 29.1 Å². The zero-order chi connectivity index (χ0) is 35.0. The Kier molecular flexibility index (Phi) is 9.61. The molecule has 1 saturated heterocycles. The summed E-state index contributed by atoms with van der Waals surface area (Å²) in [5.41, 5.74) is 2.47. The number of thiophene rings is 1. The number of carboxylic acid groups (broad SMARTS) is 1. The molecule has 1 N–H and O–H groups in total. The fourth-order valence-corrected chi connectivity index (χ4v) is 7.44. The minimum absolute atomic E-state index is 0.0251. The lowest BCUT2D eigenvalue weighted by Crippen LogP contribution is -2.48. The van der Waals surface area contributed by atoms with Crippen molar-refractivity contribution in [3.63, 3.8) is 0 Å². The van der Waals surface area contributed by atoms with Gasteiger partial charge in [-0.25, -0.2) is 23.5 Å². The molecule has 5 aromatic rings. The van der Waals surface area contributed by atoms with Gasteiger partial charge in [0, 0.05) is 59.5 Å². The summed E-state index contributed by atoms with van der Waals surface area (Å²) >= 11 is 7.64. The first-order chi connectivity index (χ1) is 23.5. The molecule has 1 aliphatic rings. The van der Waals surface area contributed by atoms with E-state index in [0.29, 0.717) is 69.5 Å². The third-order valence-corrected chi connectivity index (χ3v) is 10.3. The van der Waals surface area contributed by atoms with E-state index in [0.717, 1.165) is 5.56 Å². The minimum atomic E-state index is -2.43. The largest absolute Gasteiger partial charge is 0.478 e. The molecule has 1 unspecified atom stereocenters. The van der Waals surface area contributed by atoms with Gasteiger partial charge >= 0.3 is 5.97 Å². The summed E-state index contributed by atoms with van der Waals surface area (Å²) in [5, 5.41) is 22.0. The van der Waals surface area contributed by atoms with Crippen molar-refractivity contribution in [2.75, 3.05) is 25.0 Å². The highest BCUT2D eigenvalue weighted by Crippen LogP contribution is 2.36. The van der Waals surface area contributed by atoms with Crippen molar-refractivity contribution in [2.24, 2.45) is 0 Å². The van der Waals surface area contributed by atoms with Gasteiger partial charge in [0.2, 0.25) is 0 Å². The molecule has 1 aromatic carbocycles. The van der Waals surface area contributed by atoms with Crippen LogP contribution < -0.4 is 10.5 Å². The molecular weight excluding hydrogens is 672 g/mol. The molecule has 4 aromatic heterocycles. The van der Waals surface area contributed by atoms with Crippen LogP contribution in [0.1, 0.15) is 47.1 Å². The fraction of sp³-hybridized carbons (Fsp3) is 0.314. The predicted molar refractivity (Wildman–Crippen MR) is 186 cm³/mol. The van der Waals surface area contributed by atoms with Gasteiger partial charge in [0.1, 0.15) is 23.3 Å². The number of piperidine rings is 1. The number of nitriles is 1. The van der Waals surface area contributed by atoms with Gasteiger partial charge in [0.25, 0.3) is 12.0 Å². The van der Waals surface area contributed by atoms with Gasteiger partial charge in [-0.15, -0.1) is 11.3 Å². The van der Waals surface area contributed by atoms with Crippen LogP contribution >= 0.6 is 22.9 Å². The van der Waals surface area contributed by atoms with Crippen LogP contribution in [0.4, 0.5) is 14.6 Å². The van der Waals surface area contributed by atoms with E-state index in [2.05, 4.69) is 32.9 Å². The van der Waals surface area contributed by atoms with E-state index in [9.17, 15) is 28.7 Å². The number of nitrogens with zero attached hydrogens (tertiary/aromatic N) is 7. The van der Waals surface area contributed by atoms with Gasteiger partial charge < -0.3 is 10.0 Å². The van der Waals surface area contributed by atoms with Crippen molar-refractivity contribution in [3.8, 4) is 29.0 Å². The molecule has 250 valence electrons. The lowest BCUT2D eigenvalue weighted by atomic mass is 10.00. The Morgan fingerprint density at radius 2 is 1.98 bits per heavy atom. The monoisotopic (exact) mass is 701 g/mol.